The first kappa shape index (κ1) is 14.8. The van der Waals surface area contributed by atoms with Crippen molar-refractivity contribution in [1.29, 1.82) is 5.26 Å². The maximum Gasteiger partial charge on any atom is 0.157 e. The van der Waals surface area contributed by atoms with Crippen molar-refractivity contribution in [3.63, 3.8) is 0 Å². The third kappa shape index (κ3) is 2.50. The van der Waals surface area contributed by atoms with Gasteiger partial charge in [-0.2, -0.15) is 5.26 Å². The Morgan fingerprint density at radius 2 is 2.05 bits per heavy atom. The molecule has 1 aromatic carbocycles. The SMILES string of the molecule is CC1(C)CCN(c2cccc(F)c2C#N)CCS1(=O)=O. The maximum absolute atomic E-state index is 13.6. The highest BCUT2D eigenvalue weighted by molar-refractivity contribution is 7.92. The number of sulfone groups is 1. The van der Waals surface area contributed by atoms with Gasteiger partial charge in [-0.15, -0.1) is 0 Å². The topological polar surface area (TPSA) is 61.2 Å². The molecule has 0 bridgehead atoms. The Labute approximate surface area is 118 Å². The minimum absolute atomic E-state index is 0.0153. The van der Waals surface area contributed by atoms with E-state index in [-0.39, 0.29) is 17.9 Å². The van der Waals surface area contributed by atoms with Crippen molar-refractivity contribution in [2.24, 2.45) is 0 Å². The number of nitrogens with zero attached hydrogens (tertiary/aromatic N) is 2. The zero-order chi connectivity index (χ0) is 15.0. The maximum atomic E-state index is 13.6. The van der Waals surface area contributed by atoms with Crippen LogP contribution in [-0.2, 0) is 9.84 Å². The fourth-order valence-electron chi connectivity index (χ4n) is 2.31. The van der Waals surface area contributed by atoms with E-state index in [4.69, 9.17) is 5.26 Å². The normalized spacial score (nSPS) is 21.0. The molecule has 6 heteroatoms. The molecule has 0 aromatic heterocycles. The first-order valence-corrected chi connectivity index (χ1v) is 8.09. The zero-order valence-corrected chi connectivity index (χ0v) is 12.4. The van der Waals surface area contributed by atoms with Gasteiger partial charge in [0.1, 0.15) is 17.4 Å². The molecule has 1 aliphatic heterocycles. The van der Waals surface area contributed by atoms with Crippen LogP contribution >= 0.6 is 0 Å². The van der Waals surface area contributed by atoms with E-state index in [9.17, 15) is 12.8 Å². The van der Waals surface area contributed by atoms with Crippen molar-refractivity contribution in [3.8, 4) is 6.07 Å². The summed E-state index contributed by atoms with van der Waals surface area (Å²) in [6.07, 6.45) is 0.455. The van der Waals surface area contributed by atoms with Gasteiger partial charge in [0.2, 0.25) is 0 Å². The zero-order valence-electron chi connectivity index (χ0n) is 11.6. The highest BCUT2D eigenvalue weighted by atomic mass is 32.2. The third-order valence-electron chi connectivity index (χ3n) is 3.90. The van der Waals surface area contributed by atoms with Gasteiger partial charge in [-0.05, 0) is 32.4 Å². The van der Waals surface area contributed by atoms with Gasteiger partial charge in [0.25, 0.3) is 0 Å². The van der Waals surface area contributed by atoms with Crippen LogP contribution in [0.4, 0.5) is 10.1 Å². The number of anilines is 1. The van der Waals surface area contributed by atoms with Gasteiger partial charge in [-0.1, -0.05) is 6.07 Å². The second-order valence-corrected chi connectivity index (χ2v) is 8.30. The molecule has 4 nitrogen and oxygen atoms in total. The number of halogens is 1. The Morgan fingerprint density at radius 1 is 1.35 bits per heavy atom. The van der Waals surface area contributed by atoms with Gasteiger partial charge in [-0.3, -0.25) is 0 Å². The van der Waals surface area contributed by atoms with Crippen molar-refractivity contribution in [2.45, 2.75) is 25.0 Å². The molecular weight excluding hydrogens is 279 g/mol. The second-order valence-electron chi connectivity index (χ2n) is 5.56. The summed E-state index contributed by atoms with van der Waals surface area (Å²) in [4.78, 5) is 1.79. The first-order valence-electron chi connectivity index (χ1n) is 6.44. The number of hydrogen-bond acceptors (Lipinski definition) is 4. The van der Waals surface area contributed by atoms with Crippen LogP contribution in [0.5, 0.6) is 0 Å². The van der Waals surface area contributed by atoms with E-state index in [1.165, 1.54) is 12.1 Å². The van der Waals surface area contributed by atoms with Crippen LogP contribution in [0.25, 0.3) is 0 Å². The van der Waals surface area contributed by atoms with Gasteiger partial charge in [0.05, 0.1) is 16.2 Å². The fraction of sp³-hybridized carbons (Fsp3) is 0.500. The summed E-state index contributed by atoms with van der Waals surface area (Å²) >= 11 is 0. The minimum atomic E-state index is -3.19. The molecular formula is C14H17FN2O2S. The monoisotopic (exact) mass is 296 g/mol. The summed E-state index contributed by atoms with van der Waals surface area (Å²) in [7, 11) is -3.19. The van der Waals surface area contributed by atoms with E-state index in [1.54, 1.807) is 24.8 Å². The molecule has 0 spiro atoms. The Balaban J connectivity index is 2.38. The summed E-state index contributed by atoms with van der Waals surface area (Å²) in [5.74, 6) is -0.558. The van der Waals surface area contributed by atoms with E-state index in [0.29, 0.717) is 18.7 Å². The fourth-order valence-corrected chi connectivity index (χ4v) is 3.72. The molecule has 0 aliphatic carbocycles. The lowest BCUT2D eigenvalue weighted by molar-refractivity contribution is 0.538. The summed E-state index contributed by atoms with van der Waals surface area (Å²) in [5.41, 5.74) is 0.449. The van der Waals surface area contributed by atoms with E-state index in [2.05, 4.69) is 0 Å². The molecule has 0 atom stereocenters. The van der Waals surface area contributed by atoms with E-state index < -0.39 is 20.4 Å². The highest BCUT2D eigenvalue weighted by Crippen LogP contribution is 2.29. The van der Waals surface area contributed by atoms with Crippen LogP contribution in [0.2, 0.25) is 0 Å². The molecule has 0 saturated carbocycles. The largest absolute Gasteiger partial charge is 0.369 e. The molecule has 0 radical (unpaired) electrons. The van der Waals surface area contributed by atoms with Crippen LogP contribution < -0.4 is 4.90 Å². The van der Waals surface area contributed by atoms with Crippen molar-refractivity contribution in [3.05, 3.63) is 29.6 Å². The second kappa shape index (κ2) is 5.06. The summed E-state index contributed by atoms with van der Waals surface area (Å²) in [6, 6.07) is 6.29. The molecule has 1 saturated heterocycles. The number of nitriles is 1. The van der Waals surface area contributed by atoms with Gasteiger partial charge in [0, 0.05) is 13.1 Å². The lowest BCUT2D eigenvalue weighted by Gasteiger charge is -2.24. The Morgan fingerprint density at radius 3 is 2.70 bits per heavy atom. The van der Waals surface area contributed by atoms with Crippen molar-refractivity contribution in [2.75, 3.05) is 23.7 Å². The van der Waals surface area contributed by atoms with Crippen LogP contribution in [0.3, 0.4) is 0 Å². The molecule has 0 N–H and O–H groups in total. The number of hydrogen-bond donors (Lipinski definition) is 0. The van der Waals surface area contributed by atoms with Gasteiger partial charge >= 0.3 is 0 Å². The summed E-state index contributed by atoms with van der Waals surface area (Å²) in [6.45, 7) is 4.19. The Hall–Kier alpha value is -1.61. The lowest BCUT2D eigenvalue weighted by Crippen LogP contribution is -2.33. The standard InChI is InChI=1S/C14H17FN2O2S/c1-14(2)6-7-17(8-9-20(14,18)19)13-5-3-4-12(15)11(13)10-16/h3-5H,6-9H2,1-2H3. The molecule has 1 heterocycles. The molecule has 1 aliphatic rings. The highest BCUT2D eigenvalue weighted by Gasteiger charge is 2.37. The molecule has 2 rings (SSSR count). The first-order chi connectivity index (χ1) is 9.28. The summed E-state index contributed by atoms with van der Waals surface area (Å²) in [5, 5.41) is 9.07. The Bertz CT molecular complexity index is 662. The van der Waals surface area contributed by atoms with Crippen molar-refractivity contribution < 1.29 is 12.8 Å². The van der Waals surface area contributed by atoms with Crippen molar-refractivity contribution >= 4 is 15.5 Å². The molecule has 0 unspecified atom stereocenters. The minimum Gasteiger partial charge on any atom is -0.369 e. The van der Waals surface area contributed by atoms with Crippen LogP contribution in [0.1, 0.15) is 25.8 Å². The summed E-state index contributed by atoms with van der Waals surface area (Å²) < 4.78 is 37.2. The van der Waals surface area contributed by atoms with Gasteiger partial charge < -0.3 is 4.90 Å². The van der Waals surface area contributed by atoms with Gasteiger partial charge in [-0.25, -0.2) is 12.8 Å². The van der Waals surface area contributed by atoms with E-state index >= 15 is 0 Å². The average molecular weight is 296 g/mol. The molecule has 1 aromatic rings. The van der Waals surface area contributed by atoms with Crippen LogP contribution in [0, 0.1) is 17.1 Å². The van der Waals surface area contributed by atoms with E-state index in [1.807, 2.05) is 6.07 Å². The Kier molecular flexibility index (Phi) is 3.74. The molecule has 0 amide bonds. The van der Waals surface area contributed by atoms with Crippen LogP contribution in [-0.4, -0.2) is 32.0 Å². The predicted octanol–water partition coefficient (Wildman–Crippen LogP) is 2.10. The van der Waals surface area contributed by atoms with Gasteiger partial charge in [0.15, 0.2) is 9.84 Å². The molecule has 20 heavy (non-hydrogen) atoms. The molecule has 108 valence electrons. The van der Waals surface area contributed by atoms with Crippen LogP contribution in [0.15, 0.2) is 18.2 Å². The van der Waals surface area contributed by atoms with Crippen molar-refractivity contribution in [1.82, 2.24) is 0 Å². The number of rotatable bonds is 1. The predicted molar refractivity (Wildman–Crippen MR) is 75.8 cm³/mol. The lowest BCUT2D eigenvalue weighted by atomic mass is 10.1. The molecule has 1 fully saturated rings. The van der Waals surface area contributed by atoms with E-state index in [0.717, 1.165) is 0 Å². The smallest absolute Gasteiger partial charge is 0.157 e. The quantitative estimate of drug-likeness (QED) is 0.796. The average Bonchev–Trinajstić information content (AvgIpc) is 2.47. The third-order valence-corrected chi connectivity index (χ3v) is 6.51. The number of benzene rings is 1.